The molecule has 2 saturated carbocycles. The Labute approximate surface area is 96.5 Å². The molecule has 1 aromatic carbocycles. The Morgan fingerprint density at radius 1 is 1.19 bits per heavy atom. The fourth-order valence-corrected chi connectivity index (χ4v) is 2.23. The van der Waals surface area contributed by atoms with E-state index in [-0.39, 0.29) is 0 Å². The molecule has 0 radical (unpaired) electrons. The molecule has 2 aliphatic rings. The fourth-order valence-electron chi connectivity index (χ4n) is 2.23. The molecule has 2 heteroatoms. The van der Waals surface area contributed by atoms with Crippen molar-refractivity contribution < 1.29 is 0 Å². The highest BCUT2D eigenvalue weighted by Crippen LogP contribution is 2.38. The number of rotatable bonds is 4. The van der Waals surface area contributed by atoms with Gasteiger partial charge in [-0.1, -0.05) is 12.1 Å². The van der Waals surface area contributed by atoms with Gasteiger partial charge in [0.25, 0.3) is 0 Å². The molecule has 0 unspecified atom stereocenters. The summed E-state index contributed by atoms with van der Waals surface area (Å²) in [4.78, 5) is 2.47. The molecule has 0 aromatic heterocycles. The van der Waals surface area contributed by atoms with E-state index in [1.807, 2.05) is 18.2 Å². The lowest BCUT2D eigenvalue weighted by Gasteiger charge is -2.25. The molecule has 3 rings (SSSR count). The lowest BCUT2D eigenvalue weighted by atomic mass is 10.1. The van der Waals surface area contributed by atoms with E-state index in [9.17, 15) is 0 Å². The highest BCUT2D eigenvalue weighted by molar-refractivity contribution is 5.60. The molecular weight excluding hydrogens is 196 g/mol. The number of para-hydroxylation sites is 1. The smallest absolute Gasteiger partial charge is 0.101 e. The normalized spacial score (nSPS) is 19.2. The van der Waals surface area contributed by atoms with Crippen LogP contribution in [0.15, 0.2) is 24.3 Å². The first-order chi connectivity index (χ1) is 7.88. The molecule has 0 amide bonds. The Morgan fingerprint density at radius 3 is 2.56 bits per heavy atom. The maximum Gasteiger partial charge on any atom is 0.101 e. The third-order valence-electron chi connectivity index (χ3n) is 3.47. The zero-order chi connectivity index (χ0) is 11.0. The first-order valence-corrected chi connectivity index (χ1v) is 6.14. The molecule has 82 valence electrons. The van der Waals surface area contributed by atoms with Crippen molar-refractivity contribution in [3.63, 3.8) is 0 Å². The molecule has 2 nitrogen and oxygen atoms in total. The van der Waals surface area contributed by atoms with Crippen molar-refractivity contribution in [2.24, 2.45) is 5.92 Å². The summed E-state index contributed by atoms with van der Waals surface area (Å²) in [6.07, 6.45) is 5.34. The third-order valence-corrected chi connectivity index (χ3v) is 3.47. The van der Waals surface area contributed by atoms with Gasteiger partial charge in [0.05, 0.1) is 11.3 Å². The highest BCUT2D eigenvalue weighted by Gasteiger charge is 2.34. The van der Waals surface area contributed by atoms with Gasteiger partial charge in [-0.15, -0.1) is 0 Å². The Kier molecular flexibility index (Phi) is 2.32. The molecule has 2 fully saturated rings. The number of hydrogen-bond donors (Lipinski definition) is 0. The van der Waals surface area contributed by atoms with Crippen LogP contribution in [0.1, 0.15) is 31.2 Å². The molecule has 0 bridgehead atoms. The van der Waals surface area contributed by atoms with Crippen LogP contribution in [0.4, 0.5) is 5.69 Å². The molecule has 0 aliphatic heterocycles. The summed E-state index contributed by atoms with van der Waals surface area (Å²) >= 11 is 0. The van der Waals surface area contributed by atoms with Crippen LogP contribution < -0.4 is 4.90 Å². The van der Waals surface area contributed by atoms with Crippen molar-refractivity contribution >= 4 is 5.69 Å². The van der Waals surface area contributed by atoms with Gasteiger partial charge in [0, 0.05) is 12.6 Å². The monoisotopic (exact) mass is 212 g/mol. The van der Waals surface area contributed by atoms with Gasteiger partial charge in [-0.3, -0.25) is 0 Å². The quantitative estimate of drug-likeness (QED) is 0.767. The van der Waals surface area contributed by atoms with Gasteiger partial charge < -0.3 is 4.90 Å². The summed E-state index contributed by atoms with van der Waals surface area (Å²) in [6, 6.07) is 11.0. The van der Waals surface area contributed by atoms with E-state index in [1.54, 1.807) is 0 Å². The molecular formula is C14H16N2. The van der Waals surface area contributed by atoms with Crippen molar-refractivity contribution in [3.8, 4) is 6.07 Å². The Hall–Kier alpha value is -1.49. The van der Waals surface area contributed by atoms with Crippen LogP contribution >= 0.6 is 0 Å². The van der Waals surface area contributed by atoms with Crippen LogP contribution in [0.25, 0.3) is 0 Å². The summed E-state index contributed by atoms with van der Waals surface area (Å²) in [6.45, 7) is 1.16. The Morgan fingerprint density at radius 2 is 1.94 bits per heavy atom. The van der Waals surface area contributed by atoms with Crippen LogP contribution in [-0.4, -0.2) is 12.6 Å². The largest absolute Gasteiger partial charge is 0.367 e. The maximum absolute atomic E-state index is 9.14. The molecule has 1 aromatic rings. The molecule has 0 saturated heterocycles. The summed E-state index contributed by atoms with van der Waals surface area (Å²) in [5.74, 6) is 0.882. The Bertz CT molecular complexity index is 425. The number of nitrogens with zero attached hydrogens (tertiary/aromatic N) is 2. The van der Waals surface area contributed by atoms with E-state index in [2.05, 4.69) is 17.0 Å². The summed E-state index contributed by atoms with van der Waals surface area (Å²) in [7, 11) is 0. The van der Waals surface area contributed by atoms with Crippen molar-refractivity contribution in [2.75, 3.05) is 11.4 Å². The number of hydrogen-bond acceptors (Lipinski definition) is 2. The maximum atomic E-state index is 9.14. The van der Waals surface area contributed by atoms with Crippen molar-refractivity contribution in [1.29, 1.82) is 5.26 Å². The SMILES string of the molecule is N#Cc1ccccc1N(CC1CC1)C1CC1. The van der Waals surface area contributed by atoms with Crippen molar-refractivity contribution in [3.05, 3.63) is 29.8 Å². The van der Waals surface area contributed by atoms with E-state index in [4.69, 9.17) is 5.26 Å². The average Bonchev–Trinajstić information content (AvgIpc) is 3.16. The molecule has 0 N–H and O–H groups in total. The van der Waals surface area contributed by atoms with Crippen molar-refractivity contribution in [1.82, 2.24) is 0 Å². The van der Waals surface area contributed by atoms with E-state index < -0.39 is 0 Å². The zero-order valence-corrected chi connectivity index (χ0v) is 9.39. The van der Waals surface area contributed by atoms with E-state index in [0.717, 1.165) is 23.7 Å². The average molecular weight is 212 g/mol. The van der Waals surface area contributed by atoms with Gasteiger partial charge in [-0.2, -0.15) is 5.26 Å². The van der Waals surface area contributed by atoms with E-state index >= 15 is 0 Å². The minimum atomic E-state index is 0.704. The molecule has 0 spiro atoms. The molecule has 16 heavy (non-hydrogen) atoms. The summed E-state index contributed by atoms with van der Waals surface area (Å²) in [5, 5.41) is 9.14. The second-order valence-corrected chi connectivity index (χ2v) is 4.96. The minimum absolute atomic E-state index is 0.704. The predicted octanol–water partition coefficient (Wildman–Crippen LogP) is 2.94. The van der Waals surface area contributed by atoms with Gasteiger partial charge in [-0.05, 0) is 43.7 Å². The first kappa shape index (κ1) is 9.72. The second-order valence-electron chi connectivity index (χ2n) is 4.96. The standard InChI is InChI=1S/C14H16N2/c15-9-12-3-1-2-4-14(12)16(13-7-8-13)10-11-5-6-11/h1-4,11,13H,5-8,10H2. The highest BCUT2D eigenvalue weighted by atomic mass is 15.2. The van der Waals surface area contributed by atoms with Gasteiger partial charge in [-0.25, -0.2) is 0 Å². The topological polar surface area (TPSA) is 27.0 Å². The van der Waals surface area contributed by atoms with Crippen LogP contribution in [0.3, 0.4) is 0 Å². The first-order valence-electron chi connectivity index (χ1n) is 6.14. The van der Waals surface area contributed by atoms with Gasteiger partial charge in [0.1, 0.15) is 6.07 Å². The number of benzene rings is 1. The minimum Gasteiger partial charge on any atom is -0.367 e. The van der Waals surface area contributed by atoms with E-state index in [1.165, 1.54) is 25.7 Å². The Balaban J connectivity index is 1.88. The van der Waals surface area contributed by atoms with Gasteiger partial charge in [0.15, 0.2) is 0 Å². The van der Waals surface area contributed by atoms with Crippen LogP contribution in [-0.2, 0) is 0 Å². The van der Waals surface area contributed by atoms with Crippen molar-refractivity contribution in [2.45, 2.75) is 31.7 Å². The number of anilines is 1. The van der Waals surface area contributed by atoms with Gasteiger partial charge in [0.2, 0.25) is 0 Å². The zero-order valence-electron chi connectivity index (χ0n) is 9.39. The molecule has 2 aliphatic carbocycles. The third kappa shape index (κ3) is 1.90. The second kappa shape index (κ2) is 3.83. The lowest BCUT2D eigenvalue weighted by Crippen LogP contribution is -2.28. The van der Waals surface area contributed by atoms with Crippen LogP contribution in [0, 0.1) is 17.2 Å². The summed E-state index contributed by atoms with van der Waals surface area (Å²) < 4.78 is 0. The van der Waals surface area contributed by atoms with Gasteiger partial charge >= 0.3 is 0 Å². The fraction of sp³-hybridized carbons (Fsp3) is 0.500. The molecule has 0 atom stereocenters. The van der Waals surface area contributed by atoms with Crippen LogP contribution in [0.5, 0.6) is 0 Å². The number of nitriles is 1. The summed E-state index contributed by atoms with van der Waals surface area (Å²) in [5.41, 5.74) is 1.98. The van der Waals surface area contributed by atoms with E-state index in [0.29, 0.717) is 6.04 Å². The van der Waals surface area contributed by atoms with Crippen LogP contribution in [0.2, 0.25) is 0 Å². The predicted molar refractivity (Wildman–Crippen MR) is 64.2 cm³/mol. The lowest BCUT2D eigenvalue weighted by molar-refractivity contribution is 0.718. The molecule has 0 heterocycles.